The number of carbonyl (C=O) groups is 1. The molecule has 0 aliphatic rings. The van der Waals surface area contributed by atoms with Crippen molar-refractivity contribution in [1.82, 2.24) is 14.6 Å². The van der Waals surface area contributed by atoms with E-state index in [1.807, 2.05) is 0 Å². The zero-order chi connectivity index (χ0) is 11.0. The molecule has 3 N–H and O–H groups in total. The van der Waals surface area contributed by atoms with Crippen molar-refractivity contribution in [2.45, 2.75) is 6.61 Å². The van der Waals surface area contributed by atoms with Gasteiger partial charge in [0.25, 0.3) is 0 Å². The molecule has 0 aliphatic heterocycles. The zero-order valence-corrected chi connectivity index (χ0v) is 8.28. The Morgan fingerprint density at radius 2 is 2.40 bits per heavy atom. The molecule has 0 unspecified atom stereocenters. The van der Waals surface area contributed by atoms with Crippen LogP contribution < -0.4 is 0 Å². The van der Waals surface area contributed by atoms with Gasteiger partial charge in [0.2, 0.25) is 0 Å². The number of hydrogen-bond acceptors (Lipinski definition) is 4. The van der Waals surface area contributed by atoms with Crippen molar-refractivity contribution < 1.29 is 15.0 Å². The van der Waals surface area contributed by atoms with E-state index in [-0.39, 0.29) is 17.8 Å². The lowest BCUT2D eigenvalue weighted by Gasteiger charge is -1.98. The number of hydrogen-bond donors (Lipinski definition) is 3. The maximum atomic E-state index is 10.8. The fourth-order valence-electron chi connectivity index (χ4n) is 1.27. The summed E-state index contributed by atoms with van der Waals surface area (Å²) in [6.45, 7) is -0.273. The molecular weight excluding hydrogens is 218 g/mol. The molecule has 0 bridgehead atoms. The Morgan fingerprint density at radius 3 is 3.00 bits per heavy atom. The highest BCUT2D eigenvalue weighted by molar-refractivity contribution is 7.71. The second-order valence-electron chi connectivity index (χ2n) is 2.90. The van der Waals surface area contributed by atoms with Gasteiger partial charge in [0, 0.05) is 6.20 Å². The van der Waals surface area contributed by atoms with E-state index in [1.165, 1.54) is 16.8 Å². The van der Waals surface area contributed by atoms with E-state index in [0.717, 1.165) is 0 Å². The molecule has 0 radical (unpaired) electrons. The normalized spacial score (nSPS) is 10.7. The number of rotatable bonds is 2. The SMILES string of the molecule is O=C(O)c1c[nH]n2c(=S)cc(CO)nc12. The number of aromatic nitrogens is 3. The molecule has 0 amide bonds. The van der Waals surface area contributed by atoms with Gasteiger partial charge in [-0.25, -0.2) is 14.3 Å². The summed E-state index contributed by atoms with van der Waals surface area (Å²) in [5.74, 6) is -1.09. The minimum atomic E-state index is -1.09. The number of nitrogens with zero attached hydrogens (tertiary/aromatic N) is 2. The van der Waals surface area contributed by atoms with Crippen molar-refractivity contribution in [3.8, 4) is 0 Å². The molecule has 7 heteroatoms. The van der Waals surface area contributed by atoms with E-state index >= 15 is 0 Å². The van der Waals surface area contributed by atoms with Crippen molar-refractivity contribution >= 4 is 23.8 Å². The predicted molar refractivity (Wildman–Crippen MR) is 53.3 cm³/mol. The van der Waals surface area contributed by atoms with E-state index in [0.29, 0.717) is 10.3 Å². The molecule has 0 atom stereocenters. The number of carboxylic acids is 1. The van der Waals surface area contributed by atoms with Crippen LogP contribution in [0.15, 0.2) is 12.3 Å². The third-order valence-electron chi connectivity index (χ3n) is 1.94. The number of carboxylic acid groups (broad SMARTS) is 1. The average molecular weight is 225 g/mol. The Labute approximate surface area is 88.8 Å². The maximum absolute atomic E-state index is 10.8. The van der Waals surface area contributed by atoms with Gasteiger partial charge in [0.1, 0.15) is 10.2 Å². The quantitative estimate of drug-likeness (QED) is 0.650. The first kappa shape index (κ1) is 9.81. The highest BCUT2D eigenvalue weighted by Gasteiger charge is 2.12. The van der Waals surface area contributed by atoms with Gasteiger partial charge in [-0.3, -0.25) is 5.10 Å². The first-order chi connectivity index (χ1) is 7.13. The smallest absolute Gasteiger partial charge is 0.341 e. The van der Waals surface area contributed by atoms with Crippen LogP contribution in [0.5, 0.6) is 0 Å². The van der Waals surface area contributed by atoms with Crippen molar-refractivity contribution in [2.24, 2.45) is 0 Å². The van der Waals surface area contributed by atoms with Gasteiger partial charge in [-0.1, -0.05) is 12.2 Å². The van der Waals surface area contributed by atoms with Gasteiger partial charge in [-0.2, -0.15) is 0 Å². The summed E-state index contributed by atoms with van der Waals surface area (Å²) in [6, 6.07) is 1.50. The fourth-order valence-corrected chi connectivity index (χ4v) is 1.54. The zero-order valence-electron chi connectivity index (χ0n) is 7.47. The summed E-state index contributed by atoms with van der Waals surface area (Å²) >= 11 is 5.00. The van der Waals surface area contributed by atoms with Crippen molar-refractivity contribution in [3.63, 3.8) is 0 Å². The number of aromatic amines is 1. The lowest BCUT2D eigenvalue weighted by Crippen LogP contribution is -2.01. The summed E-state index contributed by atoms with van der Waals surface area (Å²) in [5, 5.41) is 20.4. The van der Waals surface area contributed by atoms with Crippen LogP contribution in [0.25, 0.3) is 5.65 Å². The topological polar surface area (TPSA) is 90.6 Å². The molecule has 2 aromatic rings. The molecule has 0 aliphatic carbocycles. The fraction of sp³-hybridized carbons (Fsp3) is 0.125. The van der Waals surface area contributed by atoms with Crippen LogP contribution in [0.2, 0.25) is 0 Å². The second-order valence-corrected chi connectivity index (χ2v) is 3.31. The van der Waals surface area contributed by atoms with E-state index in [4.69, 9.17) is 22.4 Å². The standard InChI is InChI=1S/C8H7N3O3S/c12-3-4-1-6(15)11-7(10-4)5(2-9-11)8(13)14/h1-2,9,12H,3H2,(H,13,14). The third-order valence-corrected chi connectivity index (χ3v) is 2.24. The van der Waals surface area contributed by atoms with Gasteiger partial charge < -0.3 is 10.2 Å². The lowest BCUT2D eigenvalue weighted by molar-refractivity contribution is 0.0698. The van der Waals surface area contributed by atoms with E-state index in [1.54, 1.807) is 0 Å². The summed E-state index contributed by atoms with van der Waals surface area (Å²) in [4.78, 5) is 14.8. The van der Waals surface area contributed by atoms with Crippen molar-refractivity contribution in [2.75, 3.05) is 0 Å². The van der Waals surface area contributed by atoms with Crippen LogP contribution in [-0.4, -0.2) is 30.8 Å². The van der Waals surface area contributed by atoms with Crippen LogP contribution in [0.4, 0.5) is 0 Å². The number of H-pyrrole nitrogens is 1. The summed E-state index contributed by atoms with van der Waals surface area (Å²) in [7, 11) is 0. The first-order valence-electron chi connectivity index (χ1n) is 4.07. The minimum absolute atomic E-state index is 0.0244. The molecule has 0 aromatic carbocycles. The molecule has 0 spiro atoms. The lowest BCUT2D eigenvalue weighted by atomic mass is 10.3. The molecule has 0 saturated heterocycles. The third kappa shape index (κ3) is 1.51. The van der Waals surface area contributed by atoms with E-state index in [2.05, 4.69) is 10.1 Å². The average Bonchev–Trinajstić information content (AvgIpc) is 2.61. The number of nitrogens with one attached hydrogen (secondary N) is 1. The van der Waals surface area contributed by atoms with Gasteiger partial charge >= 0.3 is 5.97 Å². The molecule has 2 aromatic heterocycles. The largest absolute Gasteiger partial charge is 0.477 e. The van der Waals surface area contributed by atoms with Crippen LogP contribution in [-0.2, 0) is 6.61 Å². The first-order valence-corrected chi connectivity index (χ1v) is 4.48. The summed E-state index contributed by atoms with van der Waals surface area (Å²) < 4.78 is 1.74. The molecule has 15 heavy (non-hydrogen) atoms. The number of fused-ring (bicyclic) bond motifs is 1. The van der Waals surface area contributed by atoms with Crippen LogP contribution in [0, 0.1) is 4.64 Å². The maximum Gasteiger partial charge on any atom is 0.341 e. The molecule has 6 nitrogen and oxygen atoms in total. The molecule has 2 rings (SSSR count). The Bertz CT molecular complexity index is 586. The molecular formula is C8H7N3O3S. The summed E-state index contributed by atoms with van der Waals surface area (Å²) in [5.41, 5.74) is 0.581. The van der Waals surface area contributed by atoms with Crippen LogP contribution in [0.3, 0.4) is 0 Å². The highest BCUT2D eigenvalue weighted by atomic mass is 32.1. The van der Waals surface area contributed by atoms with Gasteiger partial charge in [0.05, 0.1) is 12.3 Å². The molecule has 78 valence electrons. The van der Waals surface area contributed by atoms with E-state index < -0.39 is 5.97 Å². The Morgan fingerprint density at radius 1 is 1.67 bits per heavy atom. The van der Waals surface area contributed by atoms with Crippen molar-refractivity contribution in [1.29, 1.82) is 0 Å². The monoisotopic (exact) mass is 225 g/mol. The molecule has 2 heterocycles. The van der Waals surface area contributed by atoms with Gasteiger partial charge in [0.15, 0.2) is 5.65 Å². The van der Waals surface area contributed by atoms with Crippen LogP contribution >= 0.6 is 12.2 Å². The summed E-state index contributed by atoms with van der Waals surface area (Å²) in [6.07, 6.45) is 1.31. The molecule has 0 saturated carbocycles. The number of aromatic carboxylic acids is 1. The number of aliphatic hydroxyl groups is 1. The van der Waals surface area contributed by atoms with Crippen LogP contribution in [0.1, 0.15) is 16.1 Å². The number of aliphatic hydroxyl groups excluding tert-OH is 1. The Kier molecular flexibility index (Phi) is 2.25. The van der Waals surface area contributed by atoms with E-state index in [9.17, 15) is 4.79 Å². The predicted octanol–water partition coefficient (Wildman–Crippen LogP) is 0.582. The second kappa shape index (κ2) is 3.44. The van der Waals surface area contributed by atoms with Crippen molar-refractivity contribution in [3.05, 3.63) is 28.2 Å². The highest BCUT2D eigenvalue weighted by Crippen LogP contribution is 2.10. The minimum Gasteiger partial charge on any atom is -0.477 e. The van der Waals surface area contributed by atoms with Gasteiger partial charge in [-0.15, -0.1) is 0 Å². The molecule has 0 fully saturated rings. The Balaban J connectivity index is 2.84. The Hall–Kier alpha value is -1.73. The van der Waals surface area contributed by atoms with Gasteiger partial charge in [-0.05, 0) is 6.07 Å².